The molecule has 0 fully saturated rings. The Kier molecular flexibility index (Phi) is 6.08. The van der Waals surface area contributed by atoms with Crippen LogP contribution in [-0.2, 0) is 6.42 Å². The highest BCUT2D eigenvalue weighted by molar-refractivity contribution is 6.19. The Morgan fingerprint density at radius 2 is 0.961 bits per heavy atom. The van der Waals surface area contributed by atoms with E-state index in [9.17, 15) is 0 Å². The second-order valence-corrected chi connectivity index (χ2v) is 13.7. The molecule has 0 bridgehead atoms. The van der Waals surface area contributed by atoms with Crippen LogP contribution in [0.1, 0.15) is 17.7 Å². The molecule has 0 N–H and O–H groups in total. The molecule has 1 aliphatic rings. The molecule has 0 spiro atoms. The lowest BCUT2D eigenvalue weighted by Gasteiger charge is -2.16. The topological polar surface area (TPSA) is 14.8 Å². The Morgan fingerprint density at radius 1 is 0.373 bits per heavy atom. The van der Waals surface area contributed by atoms with Crippen LogP contribution >= 0.6 is 0 Å². The van der Waals surface area contributed by atoms with Gasteiger partial charge in [-0.1, -0.05) is 115 Å². The molecule has 0 unspecified atom stereocenters. The summed E-state index contributed by atoms with van der Waals surface area (Å²) in [7, 11) is 0. The van der Waals surface area contributed by atoms with Crippen molar-refractivity contribution in [3.05, 3.63) is 181 Å². The minimum Gasteiger partial charge on any atom is -0.311 e. The van der Waals surface area contributed by atoms with E-state index in [-0.39, 0.29) is 0 Å². The summed E-state index contributed by atoms with van der Waals surface area (Å²) in [5.41, 5.74) is 14.9. The smallest absolute Gasteiger partial charge is 0.0788 e. The first kappa shape index (κ1) is 28.3. The molecule has 7 aromatic carbocycles. The fourth-order valence-electron chi connectivity index (χ4n) is 8.71. The number of para-hydroxylation sites is 4. The molecule has 10 aromatic rings. The molecule has 0 saturated carbocycles. The van der Waals surface area contributed by atoms with Crippen molar-refractivity contribution in [2.75, 3.05) is 0 Å². The maximum atomic E-state index is 2.57. The molecule has 3 heterocycles. The zero-order valence-corrected chi connectivity index (χ0v) is 28.0. The van der Waals surface area contributed by atoms with Crippen LogP contribution in [-0.4, -0.2) is 13.7 Å². The highest BCUT2D eigenvalue weighted by Gasteiger charge is 2.24. The maximum absolute atomic E-state index is 2.57. The SMILES string of the molecule is C1=Cc2c(n(-c3cccc(-c4ccc5c(c4)c4ccccc4n5-c4ccccc4)c3)c3c2ccc2c4ccccc4n(-c4ccccc4)c23)CC1. The van der Waals surface area contributed by atoms with Gasteiger partial charge in [-0.25, -0.2) is 0 Å². The van der Waals surface area contributed by atoms with Gasteiger partial charge in [0.2, 0.25) is 0 Å². The Bertz CT molecular complexity index is 3010. The van der Waals surface area contributed by atoms with Gasteiger partial charge in [-0.15, -0.1) is 0 Å². The Balaban J connectivity index is 1.17. The first-order chi connectivity index (χ1) is 25.3. The van der Waals surface area contributed by atoms with E-state index in [2.05, 4.69) is 190 Å². The third-order valence-electron chi connectivity index (χ3n) is 10.9. The fourth-order valence-corrected chi connectivity index (χ4v) is 8.71. The Hall–Kier alpha value is -6.58. The highest BCUT2D eigenvalue weighted by atomic mass is 15.1. The summed E-state index contributed by atoms with van der Waals surface area (Å²) in [5, 5.41) is 6.38. The lowest BCUT2D eigenvalue weighted by Crippen LogP contribution is -2.04. The third-order valence-corrected chi connectivity index (χ3v) is 10.9. The van der Waals surface area contributed by atoms with Crippen LogP contribution in [0.25, 0.3) is 88.8 Å². The van der Waals surface area contributed by atoms with Crippen LogP contribution in [0.4, 0.5) is 0 Å². The first-order valence-electron chi connectivity index (χ1n) is 17.8. The van der Waals surface area contributed by atoms with E-state index in [1.807, 2.05) is 0 Å². The van der Waals surface area contributed by atoms with E-state index in [0.29, 0.717) is 0 Å². The summed E-state index contributed by atoms with van der Waals surface area (Å²) in [6.45, 7) is 0. The van der Waals surface area contributed by atoms with Crippen LogP contribution in [0.15, 0.2) is 170 Å². The summed E-state index contributed by atoms with van der Waals surface area (Å²) < 4.78 is 7.42. The van der Waals surface area contributed by atoms with Crippen molar-refractivity contribution in [3.63, 3.8) is 0 Å². The number of rotatable bonds is 4. The number of fused-ring (bicyclic) bond motifs is 10. The van der Waals surface area contributed by atoms with Crippen molar-refractivity contribution in [2.45, 2.75) is 12.8 Å². The van der Waals surface area contributed by atoms with E-state index in [4.69, 9.17) is 0 Å². The van der Waals surface area contributed by atoms with Gasteiger partial charge in [0, 0.05) is 55.3 Å². The minimum atomic E-state index is 1.00. The number of benzene rings is 7. The van der Waals surface area contributed by atoms with Gasteiger partial charge < -0.3 is 13.7 Å². The molecule has 0 radical (unpaired) electrons. The molecule has 0 amide bonds. The van der Waals surface area contributed by atoms with Crippen LogP contribution in [0, 0.1) is 0 Å². The highest BCUT2D eigenvalue weighted by Crippen LogP contribution is 2.43. The molecule has 3 heteroatoms. The van der Waals surface area contributed by atoms with Crippen molar-refractivity contribution in [3.8, 4) is 28.2 Å². The second kappa shape index (κ2) is 11.0. The average molecular weight is 652 g/mol. The maximum Gasteiger partial charge on any atom is 0.0788 e. The van der Waals surface area contributed by atoms with Crippen LogP contribution in [0.5, 0.6) is 0 Å². The molecule has 0 saturated heterocycles. The van der Waals surface area contributed by atoms with E-state index < -0.39 is 0 Å². The van der Waals surface area contributed by atoms with Gasteiger partial charge in [-0.05, 0) is 84.6 Å². The monoisotopic (exact) mass is 651 g/mol. The van der Waals surface area contributed by atoms with Crippen molar-refractivity contribution < 1.29 is 0 Å². The molecule has 0 atom stereocenters. The molecule has 0 aliphatic heterocycles. The predicted molar refractivity (Wildman–Crippen MR) is 215 cm³/mol. The standard InChI is InChI=1S/C48H33N3/c1-3-15-34(16-4-1)49-43-23-10-9-22-39(43)42-31-33(26-29-46(42)49)32-14-13-19-36(30-32)51-45-25-12-8-21-38(45)41-28-27-40-37-20-7-11-24-44(37)50(47(40)48(41)51)35-17-5-2-6-18-35/h1-11,13-24,26-31H,12,25H2. The van der Waals surface area contributed by atoms with E-state index in [1.165, 1.54) is 94.0 Å². The van der Waals surface area contributed by atoms with E-state index in [0.717, 1.165) is 12.8 Å². The van der Waals surface area contributed by atoms with Gasteiger partial charge in [0.05, 0.1) is 27.6 Å². The van der Waals surface area contributed by atoms with Gasteiger partial charge in [0.15, 0.2) is 0 Å². The summed E-state index contributed by atoms with van der Waals surface area (Å²) >= 11 is 0. The molecule has 240 valence electrons. The number of allylic oxidation sites excluding steroid dienone is 1. The third kappa shape index (κ3) is 4.12. The second-order valence-electron chi connectivity index (χ2n) is 13.7. The molecule has 1 aliphatic carbocycles. The van der Waals surface area contributed by atoms with Crippen molar-refractivity contribution in [1.29, 1.82) is 0 Å². The van der Waals surface area contributed by atoms with Gasteiger partial charge in [-0.3, -0.25) is 0 Å². The van der Waals surface area contributed by atoms with Crippen LogP contribution in [0.3, 0.4) is 0 Å². The van der Waals surface area contributed by atoms with Gasteiger partial charge in [0.1, 0.15) is 0 Å². The Morgan fingerprint density at radius 3 is 1.75 bits per heavy atom. The number of hydrogen-bond donors (Lipinski definition) is 0. The number of hydrogen-bond acceptors (Lipinski definition) is 0. The fraction of sp³-hybridized carbons (Fsp3) is 0.0417. The van der Waals surface area contributed by atoms with Crippen molar-refractivity contribution in [2.24, 2.45) is 0 Å². The summed E-state index contributed by atoms with van der Waals surface area (Å²) in [6.07, 6.45) is 6.72. The lowest BCUT2D eigenvalue weighted by molar-refractivity contribution is 0.889. The summed E-state index contributed by atoms with van der Waals surface area (Å²) in [5.74, 6) is 0. The minimum absolute atomic E-state index is 1.00. The van der Waals surface area contributed by atoms with Crippen molar-refractivity contribution >= 4 is 60.6 Å². The predicted octanol–water partition coefficient (Wildman–Crippen LogP) is 12.5. The zero-order valence-electron chi connectivity index (χ0n) is 28.0. The van der Waals surface area contributed by atoms with E-state index >= 15 is 0 Å². The average Bonchev–Trinajstić information content (AvgIpc) is 3.84. The van der Waals surface area contributed by atoms with Crippen LogP contribution in [0.2, 0.25) is 0 Å². The molecule has 51 heavy (non-hydrogen) atoms. The first-order valence-corrected chi connectivity index (χ1v) is 17.8. The molecule has 3 aromatic heterocycles. The quantitative estimate of drug-likeness (QED) is 0.180. The molecule has 3 nitrogen and oxygen atoms in total. The van der Waals surface area contributed by atoms with Gasteiger partial charge in [0.25, 0.3) is 0 Å². The molecule has 11 rings (SSSR count). The van der Waals surface area contributed by atoms with Gasteiger partial charge in [-0.2, -0.15) is 0 Å². The van der Waals surface area contributed by atoms with Gasteiger partial charge >= 0.3 is 0 Å². The number of nitrogens with zero attached hydrogens (tertiary/aromatic N) is 3. The van der Waals surface area contributed by atoms with Crippen molar-refractivity contribution in [1.82, 2.24) is 13.7 Å². The van der Waals surface area contributed by atoms with E-state index in [1.54, 1.807) is 0 Å². The molecular formula is C48H33N3. The molecular weight excluding hydrogens is 619 g/mol. The Labute approximate surface area is 295 Å². The number of aromatic nitrogens is 3. The summed E-state index contributed by atoms with van der Waals surface area (Å²) in [6, 6.07) is 59.9. The largest absolute Gasteiger partial charge is 0.311 e. The zero-order chi connectivity index (χ0) is 33.5. The summed E-state index contributed by atoms with van der Waals surface area (Å²) in [4.78, 5) is 0. The van der Waals surface area contributed by atoms with Crippen LogP contribution < -0.4 is 0 Å². The normalized spacial score (nSPS) is 12.9. The lowest BCUT2D eigenvalue weighted by atomic mass is 10.0.